The number of aryl methyl sites for hydroxylation is 1. The van der Waals surface area contributed by atoms with Gasteiger partial charge in [0.2, 0.25) is 0 Å². The molecule has 0 bridgehead atoms. The maximum Gasteiger partial charge on any atom is 0.0735 e. The monoisotopic (exact) mass is 282 g/mol. The number of hydrogen-bond acceptors (Lipinski definition) is 2. The Bertz CT molecular complexity index is 431. The topological polar surface area (TPSA) is 29.5 Å². The van der Waals surface area contributed by atoms with Crippen molar-refractivity contribution in [3.63, 3.8) is 0 Å². The summed E-state index contributed by atoms with van der Waals surface area (Å²) in [6.07, 6.45) is 4.32. The first-order chi connectivity index (χ1) is 9.02. The average molecular weight is 283 g/mol. The minimum Gasteiger partial charge on any atom is -0.389 e. The molecule has 1 aromatic carbocycles. The van der Waals surface area contributed by atoms with E-state index in [1.807, 2.05) is 25.1 Å². The van der Waals surface area contributed by atoms with E-state index in [1.165, 1.54) is 0 Å². The summed E-state index contributed by atoms with van der Waals surface area (Å²) < 4.78 is 5.71. The van der Waals surface area contributed by atoms with Gasteiger partial charge in [0.25, 0.3) is 0 Å². The summed E-state index contributed by atoms with van der Waals surface area (Å²) >= 11 is 6.27. The predicted octanol–water partition coefficient (Wildman–Crippen LogP) is 3.90. The van der Waals surface area contributed by atoms with Crippen molar-refractivity contribution in [2.24, 2.45) is 0 Å². The summed E-state index contributed by atoms with van der Waals surface area (Å²) in [4.78, 5) is 0. The second kappa shape index (κ2) is 6.25. The molecule has 2 atom stereocenters. The fourth-order valence-corrected chi connectivity index (χ4v) is 3.12. The number of ether oxygens (including phenoxy) is 1. The van der Waals surface area contributed by atoms with Gasteiger partial charge in [-0.2, -0.15) is 0 Å². The molecule has 1 aromatic rings. The predicted molar refractivity (Wildman–Crippen MR) is 78.7 cm³/mol. The third-order valence-electron chi connectivity index (χ3n) is 3.87. The molecule has 1 heterocycles. The SMILES string of the molecule is CCCC1CC(O)(Cc2ccc(C)cc2Cl)CCO1. The molecular weight excluding hydrogens is 260 g/mol. The van der Waals surface area contributed by atoms with Crippen molar-refractivity contribution in [3.8, 4) is 0 Å². The van der Waals surface area contributed by atoms with Gasteiger partial charge in [-0.25, -0.2) is 0 Å². The second-order valence-electron chi connectivity index (χ2n) is 5.73. The third kappa shape index (κ3) is 3.95. The number of hydrogen-bond donors (Lipinski definition) is 1. The molecule has 2 nitrogen and oxygen atoms in total. The van der Waals surface area contributed by atoms with Crippen LogP contribution >= 0.6 is 11.6 Å². The van der Waals surface area contributed by atoms with Crippen molar-refractivity contribution in [2.45, 2.75) is 57.7 Å². The van der Waals surface area contributed by atoms with Crippen molar-refractivity contribution in [1.82, 2.24) is 0 Å². The van der Waals surface area contributed by atoms with Crippen LogP contribution in [0.25, 0.3) is 0 Å². The molecule has 1 N–H and O–H groups in total. The summed E-state index contributed by atoms with van der Waals surface area (Å²) in [5.41, 5.74) is 1.51. The first-order valence-corrected chi connectivity index (χ1v) is 7.49. The highest BCUT2D eigenvalue weighted by Gasteiger charge is 2.35. The maximum atomic E-state index is 10.8. The van der Waals surface area contributed by atoms with Crippen LogP contribution in [0, 0.1) is 6.92 Å². The van der Waals surface area contributed by atoms with E-state index in [1.54, 1.807) is 0 Å². The van der Waals surface area contributed by atoms with Crippen LogP contribution in [-0.4, -0.2) is 23.4 Å². The number of halogens is 1. The molecule has 106 valence electrons. The van der Waals surface area contributed by atoms with Crippen molar-refractivity contribution < 1.29 is 9.84 Å². The standard InChI is InChI=1S/C16H23ClO2/c1-3-4-14-11-16(18,7-8-19-14)10-13-6-5-12(2)9-15(13)17/h5-6,9,14,18H,3-4,7-8,10-11H2,1-2H3. The van der Waals surface area contributed by atoms with Gasteiger partial charge in [-0.3, -0.25) is 0 Å². The molecule has 1 fully saturated rings. The van der Waals surface area contributed by atoms with E-state index in [0.717, 1.165) is 29.0 Å². The Morgan fingerprint density at radius 2 is 2.26 bits per heavy atom. The summed E-state index contributed by atoms with van der Waals surface area (Å²) in [7, 11) is 0. The summed E-state index contributed by atoms with van der Waals surface area (Å²) in [6, 6.07) is 6.04. The molecule has 0 aromatic heterocycles. The van der Waals surface area contributed by atoms with Crippen LogP contribution in [0.3, 0.4) is 0 Å². The largest absolute Gasteiger partial charge is 0.389 e. The van der Waals surface area contributed by atoms with Crippen LogP contribution in [0.4, 0.5) is 0 Å². The zero-order valence-corrected chi connectivity index (χ0v) is 12.5. The molecule has 0 aliphatic carbocycles. The Kier molecular flexibility index (Phi) is 4.88. The molecule has 0 spiro atoms. The lowest BCUT2D eigenvalue weighted by atomic mass is 9.83. The first-order valence-electron chi connectivity index (χ1n) is 7.11. The Balaban J connectivity index is 2.07. The lowest BCUT2D eigenvalue weighted by Crippen LogP contribution is -2.42. The number of rotatable bonds is 4. The molecule has 3 heteroatoms. The van der Waals surface area contributed by atoms with E-state index >= 15 is 0 Å². The van der Waals surface area contributed by atoms with Crippen molar-refractivity contribution in [2.75, 3.05) is 6.61 Å². The van der Waals surface area contributed by atoms with Crippen LogP contribution in [0.15, 0.2) is 18.2 Å². The maximum absolute atomic E-state index is 10.8. The Morgan fingerprint density at radius 3 is 2.95 bits per heavy atom. The van der Waals surface area contributed by atoms with Gasteiger partial charge in [0, 0.05) is 24.5 Å². The Morgan fingerprint density at radius 1 is 1.47 bits per heavy atom. The molecule has 19 heavy (non-hydrogen) atoms. The zero-order chi connectivity index (χ0) is 13.9. The molecule has 2 unspecified atom stereocenters. The van der Waals surface area contributed by atoms with E-state index in [2.05, 4.69) is 6.92 Å². The summed E-state index contributed by atoms with van der Waals surface area (Å²) in [5.74, 6) is 0. The highest BCUT2D eigenvalue weighted by molar-refractivity contribution is 6.31. The highest BCUT2D eigenvalue weighted by Crippen LogP contribution is 2.32. The van der Waals surface area contributed by atoms with E-state index < -0.39 is 5.60 Å². The lowest BCUT2D eigenvalue weighted by molar-refractivity contribution is -0.104. The van der Waals surface area contributed by atoms with Gasteiger partial charge in [-0.05, 0) is 37.0 Å². The smallest absolute Gasteiger partial charge is 0.0735 e. The average Bonchev–Trinajstić information content (AvgIpc) is 2.33. The van der Waals surface area contributed by atoms with Crippen LogP contribution in [-0.2, 0) is 11.2 Å². The highest BCUT2D eigenvalue weighted by atomic mass is 35.5. The van der Waals surface area contributed by atoms with Gasteiger partial charge in [0.1, 0.15) is 0 Å². The van der Waals surface area contributed by atoms with Gasteiger partial charge in [0.05, 0.1) is 11.7 Å². The molecule has 2 rings (SSSR count). The van der Waals surface area contributed by atoms with Gasteiger partial charge < -0.3 is 9.84 Å². The van der Waals surface area contributed by atoms with E-state index in [0.29, 0.717) is 25.9 Å². The van der Waals surface area contributed by atoms with Crippen LogP contribution in [0.1, 0.15) is 43.7 Å². The van der Waals surface area contributed by atoms with E-state index in [-0.39, 0.29) is 6.10 Å². The molecular formula is C16H23ClO2. The van der Waals surface area contributed by atoms with E-state index in [4.69, 9.17) is 16.3 Å². The third-order valence-corrected chi connectivity index (χ3v) is 4.22. The van der Waals surface area contributed by atoms with Crippen molar-refractivity contribution >= 4 is 11.6 Å². The van der Waals surface area contributed by atoms with Crippen molar-refractivity contribution in [1.29, 1.82) is 0 Å². The molecule has 0 amide bonds. The first kappa shape index (κ1) is 14.8. The van der Waals surface area contributed by atoms with Crippen molar-refractivity contribution in [3.05, 3.63) is 34.3 Å². The lowest BCUT2D eigenvalue weighted by Gasteiger charge is -2.37. The Labute approximate surface area is 120 Å². The second-order valence-corrected chi connectivity index (χ2v) is 6.14. The minimum atomic E-state index is -0.670. The number of benzene rings is 1. The fraction of sp³-hybridized carbons (Fsp3) is 0.625. The van der Waals surface area contributed by atoms with Crippen LogP contribution < -0.4 is 0 Å². The molecule has 1 aliphatic heterocycles. The van der Waals surface area contributed by atoms with E-state index in [9.17, 15) is 5.11 Å². The normalized spacial score (nSPS) is 27.5. The fourth-order valence-electron chi connectivity index (χ4n) is 2.82. The van der Waals surface area contributed by atoms with Crippen LogP contribution in [0.2, 0.25) is 5.02 Å². The van der Waals surface area contributed by atoms with Gasteiger partial charge in [-0.1, -0.05) is 37.1 Å². The molecule has 1 aliphatic rings. The summed E-state index contributed by atoms with van der Waals surface area (Å²) in [5, 5.41) is 11.5. The molecule has 0 radical (unpaired) electrons. The summed E-state index contributed by atoms with van der Waals surface area (Å²) in [6.45, 7) is 4.81. The minimum absolute atomic E-state index is 0.188. The quantitative estimate of drug-likeness (QED) is 0.907. The van der Waals surface area contributed by atoms with Crippen LogP contribution in [0.5, 0.6) is 0 Å². The van der Waals surface area contributed by atoms with Gasteiger partial charge in [0.15, 0.2) is 0 Å². The van der Waals surface area contributed by atoms with Gasteiger partial charge >= 0.3 is 0 Å². The Hall–Kier alpha value is -0.570. The molecule has 1 saturated heterocycles. The molecule has 0 saturated carbocycles. The zero-order valence-electron chi connectivity index (χ0n) is 11.8. The number of aliphatic hydroxyl groups is 1. The van der Waals surface area contributed by atoms with Gasteiger partial charge in [-0.15, -0.1) is 0 Å².